The van der Waals surface area contributed by atoms with Crippen LogP contribution in [0.3, 0.4) is 0 Å². The molecule has 0 aromatic heterocycles. The molecule has 0 N–H and O–H groups in total. The number of ether oxygens (including phenoxy) is 1. The highest BCUT2D eigenvalue weighted by Gasteiger charge is 1.92. The lowest BCUT2D eigenvalue weighted by Crippen LogP contribution is -1.88. The molecule has 3 aromatic carbocycles. The number of methoxy groups -OCH3 is 1. The number of rotatable bonds is 2. The zero-order valence-electron chi connectivity index (χ0n) is 20.0. The van der Waals surface area contributed by atoms with Crippen LogP contribution in [0.1, 0.15) is 45.0 Å². The van der Waals surface area contributed by atoms with Crippen LogP contribution < -0.4 is 4.74 Å². The van der Waals surface area contributed by atoms with Crippen LogP contribution in [-0.2, 0) is 0 Å². The SMILES string of the molecule is CC.CC.CC(=O)c1ccccc1.COc1ccccc1.CSC.c1ccccc1. The van der Waals surface area contributed by atoms with Crippen molar-refractivity contribution in [3.8, 4) is 5.75 Å². The van der Waals surface area contributed by atoms with E-state index in [0.29, 0.717) is 0 Å². The summed E-state index contributed by atoms with van der Waals surface area (Å²) in [4.78, 5) is 10.6. The fourth-order valence-corrected chi connectivity index (χ4v) is 1.61. The van der Waals surface area contributed by atoms with Gasteiger partial charge >= 0.3 is 0 Å². The van der Waals surface area contributed by atoms with Crippen LogP contribution in [-0.4, -0.2) is 25.4 Å². The van der Waals surface area contributed by atoms with Gasteiger partial charge in [0.2, 0.25) is 0 Å². The minimum atomic E-state index is 0.121. The van der Waals surface area contributed by atoms with Gasteiger partial charge in [-0.2, -0.15) is 11.8 Å². The van der Waals surface area contributed by atoms with E-state index in [4.69, 9.17) is 4.74 Å². The number of hydrogen-bond acceptors (Lipinski definition) is 3. The lowest BCUT2D eigenvalue weighted by atomic mass is 10.2. The second-order valence-electron chi connectivity index (χ2n) is 5.00. The summed E-state index contributed by atoms with van der Waals surface area (Å²) in [5, 5.41) is 0. The van der Waals surface area contributed by atoms with E-state index in [9.17, 15) is 4.79 Å². The van der Waals surface area contributed by atoms with Crippen molar-refractivity contribution in [1.82, 2.24) is 0 Å². The number of thioether (sulfide) groups is 1. The van der Waals surface area contributed by atoms with Crippen LogP contribution in [0, 0.1) is 0 Å². The topological polar surface area (TPSA) is 26.3 Å². The van der Waals surface area contributed by atoms with Crippen molar-refractivity contribution in [2.75, 3.05) is 19.6 Å². The molecule has 0 spiro atoms. The summed E-state index contributed by atoms with van der Waals surface area (Å²) in [5.41, 5.74) is 0.775. The highest BCUT2D eigenvalue weighted by molar-refractivity contribution is 7.97. The van der Waals surface area contributed by atoms with E-state index >= 15 is 0 Å². The van der Waals surface area contributed by atoms with Gasteiger partial charge in [0, 0.05) is 5.56 Å². The Kier molecular flexibility index (Phi) is 30.7. The second kappa shape index (κ2) is 28.7. The summed E-state index contributed by atoms with van der Waals surface area (Å²) in [6.45, 7) is 9.56. The lowest BCUT2D eigenvalue weighted by molar-refractivity contribution is 0.101. The third kappa shape index (κ3) is 23.5. The van der Waals surface area contributed by atoms with Crippen molar-refractivity contribution in [3.05, 3.63) is 103 Å². The number of carbonyl (C=O) groups excluding carboxylic acids is 1. The average Bonchev–Trinajstić information content (AvgIpc) is 2.85. The van der Waals surface area contributed by atoms with Crippen LogP contribution in [0.2, 0.25) is 0 Å². The molecule has 3 aromatic rings. The standard InChI is InChI=1S/C8H8O.C7H8O.C6H6.C2H6S.2C2H6/c1-7(9)8-5-3-2-4-6-8;1-8-7-5-3-2-4-6-7;1-2-4-6-5-3-1;1-3-2;2*1-2/h2-6H,1H3;2-6H,1H3;1-6H;1-2H3;2*1-2H3. The first kappa shape index (κ1) is 32.2. The van der Waals surface area contributed by atoms with Crippen LogP contribution >= 0.6 is 11.8 Å². The normalized spacial score (nSPS) is 7.60. The number of para-hydroxylation sites is 1. The van der Waals surface area contributed by atoms with Gasteiger partial charge in [-0.15, -0.1) is 0 Å². The zero-order valence-corrected chi connectivity index (χ0v) is 20.8. The molecule has 0 aliphatic heterocycles. The molecule has 0 radical (unpaired) electrons. The van der Waals surface area contributed by atoms with Gasteiger partial charge in [0.05, 0.1) is 7.11 Å². The Hall–Kier alpha value is -2.52. The Bertz CT molecular complexity index is 630. The summed E-state index contributed by atoms with van der Waals surface area (Å²) in [7, 11) is 1.66. The van der Waals surface area contributed by atoms with Gasteiger partial charge < -0.3 is 4.74 Å². The van der Waals surface area contributed by atoms with E-state index in [1.807, 2.05) is 137 Å². The maximum Gasteiger partial charge on any atom is 0.159 e. The monoisotopic (exact) mass is 428 g/mol. The molecule has 166 valence electrons. The third-order valence-corrected chi connectivity index (χ3v) is 2.83. The highest BCUT2D eigenvalue weighted by Crippen LogP contribution is 2.05. The Morgan fingerprint density at radius 2 is 0.900 bits per heavy atom. The van der Waals surface area contributed by atoms with E-state index in [1.165, 1.54) is 0 Å². The Morgan fingerprint density at radius 3 is 1.10 bits per heavy atom. The van der Waals surface area contributed by atoms with Crippen molar-refractivity contribution in [3.63, 3.8) is 0 Å². The Labute approximate surface area is 189 Å². The quantitative estimate of drug-likeness (QED) is 0.384. The molecule has 3 heteroatoms. The van der Waals surface area contributed by atoms with E-state index in [2.05, 4.69) is 0 Å². The largest absolute Gasteiger partial charge is 0.497 e. The van der Waals surface area contributed by atoms with Gasteiger partial charge in [0.15, 0.2) is 5.78 Å². The molecule has 0 saturated heterocycles. The first-order chi connectivity index (χ1) is 14.7. The number of ketones is 1. The summed E-state index contributed by atoms with van der Waals surface area (Å²) in [6, 6.07) is 30.9. The van der Waals surface area contributed by atoms with Crippen molar-refractivity contribution >= 4 is 17.5 Å². The van der Waals surface area contributed by atoms with Gasteiger partial charge in [-0.1, -0.05) is 113 Å². The maximum absolute atomic E-state index is 10.6. The minimum Gasteiger partial charge on any atom is -0.497 e. The molecule has 0 atom stereocenters. The van der Waals surface area contributed by atoms with Gasteiger partial charge in [-0.05, 0) is 31.6 Å². The zero-order chi connectivity index (χ0) is 23.5. The fourth-order valence-electron chi connectivity index (χ4n) is 1.61. The molecule has 0 fully saturated rings. The molecule has 30 heavy (non-hydrogen) atoms. The molecule has 0 bridgehead atoms. The van der Waals surface area contributed by atoms with Crippen molar-refractivity contribution in [2.24, 2.45) is 0 Å². The number of carbonyl (C=O) groups is 1. The van der Waals surface area contributed by atoms with Gasteiger partial charge in [0.25, 0.3) is 0 Å². The molecule has 3 rings (SSSR count). The molecule has 0 aliphatic rings. The van der Waals surface area contributed by atoms with E-state index in [1.54, 1.807) is 25.8 Å². The average molecular weight is 429 g/mol. The number of benzene rings is 3. The third-order valence-electron chi connectivity index (χ3n) is 2.83. The van der Waals surface area contributed by atoms with Crippen molar-refractivity contribution in [1.29, 1.82) is 0 Å². The smallest absolute Gasteiger partial charge is 0.159 e. The van der Waals surface area contributed by atoms with Crippen LogP contribution in [0.5, 0.6) is 5.75 Å². The number of Topliss-reactive ketones (excluding diaryl/α,β-unsaturated/α-hetero) is 1. The minimum absolute atomic E-state index is 0.121. The molecule has 2 nitrogen and oxygen atoms in total. The predicted octanol–water partition coefficient (Wildman–Crippen LogP) is 8.30. The van der Waals surface area contributed by atoms with E-state index in [0.717, 1.165) is 11.3 Å². The van der Waals surface area contributed by atoms with E-state index < -0.39 is 0 Å². The second-order valence-corrected chi connectivity index (χ2v) is 5.82. The lowest BCUT2D eigenvalue weighted by Gasteiger charge is -1.93. The number of hydrogen-bond donors (Lipinski definition) is 0. The summed E-state index contributed by atoms with van der Waals surface area (Å²) < 4.78 is 4.91. The molecule has 0 saturated carbocycles. The highest BCUT2D eigenvalue weighted by atomic mass is 32.2. The van der Waals surface area contributed by atoms with Gasteiger partial charge in [-0.3, -0.25) is 4.79 Å². The summed E-state index contributed by atoms with van der Waals surface area (Å²) in [5.74, 6) is 1.03. The Morgan fingerprint density at radius 1 is 0.633 bits per heavy atom. The molecular weight excluding hydrogens is 388 g/mol. The van der Waals surface area contributed by atoms with Crippen LogP contribution in [0.25, 0.3) is 0 Å². The first-order valence-corrected chi connectivity index (χ1v) is 11.8. The predicted molar refractivity (Wildman–Crippen MR) is 138 cm³/mol. The van der Waals surface area contributed by atoms with Gasteiger partial charge in [0.1, 0.15) is 5.75 Å². The molecule has 0 heterocycles. The van der Waals surface area contributed by atoms with Crippen molar-refractivity contribution in [2.45, 2.75) is 34.6 Å². The maximum atomic E-state index is 10.6. The fraction of sp³-hybridized carbons (Fsp3) is 0.296. The van der Waals surface area contributed by atoms with Gasteiger partial charge in [-0.25, -0.2) is 0 Å². The first-order valence-electron chi connectivity index (χ1n) is 10.2. The van der Waals surface area contributed by atoms with Crippen LogP contribution in [0.4, 0.5) is 0 Å². The van der Waals surface area contributed by atoms with Crippen molar-refractivity contribution < 1.29 is 9.53 Å². The Balaban J connectivity index is -0.000000321. The summed E-state index contributed by atoms with van der Waals surface area (Å²) in [6.07, 6.45) is 4.08. The van der Waals surface area contributed by atoms with E-state index in [-0.39, 0.29) is 5.78 Å². The summed E-state index contributed by atoms with van der Waals surface area (Å²) >= 11 is 1.75. The molecule has 0 amide bonds. The van der Waals surface area contributed by atoms with Crippen LogP contribution in [0.15, 0.2) is 97.1 Å². The molecular formula is C27H40O2S. The molecule has 0 unspecified atom stereocenters. The molecule has 0 aliphatic carbocycles.